The molecule has 0 fully saturated rings. The number of amides is 1. The molecule has 1 aromatic heterocycles. The van der Waals surface area contributed by atoms with E-state index in [1.54, 1.807) is 0 Å². The standard InChI is InChI=1S/C19H20N2OS/c1-11(2)14-7-8-16-17(10-14)23-19(20-16)21-18(22)15-6-5-12(3)13(4)9-15/h5-11H,1-4H3,(H,20,21,22). The Morgan fingerprint density at radius 2 is 1.87 bits per heavy atom. The van der Waals surface area contributed by atoms with Gasteiger partial charge in [-0.05, 0) is 60.7 Å². The Hall–Kier alpha value is -2.20. The minimum absolute atomic E-state index is 0.115. The minimum Gasteiger partial charge on any atom is -0.298 e. The Bertz CT molecular complexity index is 880. The van der Waals surface area contributed by atoms with Crippen molar-refractivity contribution >= 4 is 32.6 Å². The first-order valence-electron chi connectivity index (χ1n) is 7.73. The molecule has 0 aliphatic rings. The Kier molecular flexibility index (Phi) is 4.18. The fourth-order valence-electron chi connectivity index (χ4n) is 2.41. The van der Waals surface area contributed by atoms with Gasteiger partial charge in [-0.25, -0.2) is 4.98 Å². The van der Waals surface area contributed by atoms with Crippen molar-refractivity contribution < 1.29 is 4.79 Å². The van der Waals surface area contributed by atoms with Crippen molar-refractivity contribution in [2.45, 2.75) is 33.6 Å². The smallest absolute Gasteiger partial charge is 0.257 e. The molecule has 0 radical (unpaired) electrons. The lowest BCUT2D eigenvalue weighted by molar-refractivity contribution is 0.102. The number of hydrogen-bond donors (Lipinski definition) is 1. The van der Waals surface area contributed by atoms with Crippen molar-refractivity contribution in [3.8, 4) is 0 Å². The van der Waals surface area contributed by atoms with Crippen LogP contribution in [0.5, 0.6) is 0 Å². The number of aryl methyl sites for hydroxylation is 2. The summed E-state index contributed by atoms with van der Waals surface area (Å²) in [5.41, 5.74) is 5.17. The molecular formula is C19H20N2OS. The molecule has 0 saturated carbocycles. The molecule has 0 bridgehead atoms. The topological polar surface area (TPSA) is 42.0 Å². The molecule has 118 valence electrons. The largest absolute Gasteiger partial charge is 0.298 e. The van der Waals surface area contributed by atoms with Crippen LogP contribution < -0.4 is 5.32 Å². The van der Waals surface area contributed by atoms with Gasteiger partial charge in [0.05, 0.1) is 10.2 Å². The first kappa shape index (κ1) is 15.7. The summed E-state index contributed by atoms with van der Waals surface area (Å²) in [7, 11) is 0. The van der Waals surface area contributed by atoms with Crippen molar-refractivity contribution in [1.82, 2.24) is 4.98 Å². The second-order valence-corrected chi connectivity index (χ2v) is 7.18. The number of nitrogens with zero attached hydrogens (tertiary/aromatic N) is 1. The van der Waals surface area contributed by atoms with Gasteiger partial charge in [0.1, 0.15) is 0 Å². The normalized spacial score (nSPS) is 11.2. The second-order valence-electron chi connectivity index (χ2n) is 6.15. The quantitative estimate of drug-likeness (QED) is 0.711. The zero-order chi connectivity index (χ0) is 16.6. The van der Waals surface area contributed by atoms with Crippen molar-refractivity contribution in [2.24, 2.45) is 0 Å². The fourth-order valence-corrected chi connectivity index (χ4v) is 3.32. The maximum Gasteiger partial charge on any atom is 0.257 e. The third-order valence-electron chi connectivity index (χ3n) is 4.07. The molecular weight excluding hydrogens is 304 g/mol. The van der Waals surface area contributed by atoms with E-state index in [0.29, 0.717) is 16.6 Å². The Labute approximate surface area is 140 Å². The predicted molar refractivity (Wildman–Crippen MR) is 97.6 cm³/mol. The van der Waals surface area contributed by atoms with Crippen LogP contribution in [-0.4, -0.2) is 10.9 Å². The van der Waals surface area contributed by atoms with E-state index >= 15 is 0 Å². The number of carbonyl (C=O) groups is 1. The lowest BCUT2D eigenvalue weighted by atomic mass is 10.0. The molecule has 1 amide bonds. The number of benzene rings is 2. The van der Waals surface area contributed by atoms with Gasteiger partial charge >= 0.3 is 0 Å². The van der Waals surface area contributed by atoms with E-state index in [4.69, 9.17) is 0 Å². The highest BCUT2D eigenvalue weighted by atomic mass is 32.1. The van der Waals surface area contributed by atoms with Gasteiger partial charge in [-0.1, -0.05) is 37.3 Å². The highest BCUT2D eigenvalue weighted by molar-refractivity contribution is 7.22. The van der Waals surface area contributed by atoms with Gasteiger partial charge in [0, 0.05) is 5.56 Å². The van der Waals surface area contributed by atoms with Crippen LogP contribution in [0.25, 0.3) is 10.2 Å². The SMILES string of the molecule is Cc1ccc(C(=O)Nc2nc3ccc(C(C)C)cc3s2)cc1C. The lowest BCUT2D eigenvalue weighted by Gasteiger charge is -2.04. The van der Waals surface area contributed by atoms with Gasteiger partial charge in [0.15, 0.2) is 5.13 Å². The number of anilines is 1. The number of nitrogens with one attached hydrogen (secondary N) is 1. The zero-order valence-electron chi connectivity index (χ0n) is 13.8. The molecule has 3 rings (SSSR count). The number of carbonyl (C=O) groups excluding carboxylic acids is 1. The van der Waals surface area contributed by atoms with E-state index in [-0.39, 0.29) is 5.91 Å². The summed E-state index contributed by atoms with van der Waals surface area (Å²) in [5.74, 6) is 0.367. The summed E-state index contributed by atoms with van der Waals surface area (Å²) < 4.78 is 1.10. The lowest BCUT2D eigenvalue weighted by Crippen LogP contribution is -2.11. The van der Waals surface area contributed by atoms with Gasteiger partial charge in [-0.15, -0.1) is 0 Å². The number of aromatic nitrogens is 1. The van der Waals surface area contributed by atoms with Crippen LogP contribution in [-0.2, 0) is 0 Å². The molecule has 1 heterocycles. The monoisotopic (exact) mass is 324 g/mol. The first-order chi connectivity index (χ1) is 10.9. The molecule has 3 aromatic rings. The summed E-state index contributed by atoms with van der Waals surface area (Å²) in [4.78, 5) is 16.9. The van der Waals surface area contributed by atoms with Crippen LogP contribution in [0.15, 0.2) is 36.4 Å². The van der Waals surface area contributed by atoms with Gasteiger partial charge in [0.25, 0.3) is 5.91 Å². The summed E-state index contributed by atoms with van der Waals surface area (Å²) in [6, 6.07) is 12.0. The van der Waals surface area contributed by atoms with Gasteiger partial charge in [0.2, 0.25) is 0 Å². The van der Waals surface area contributed by atoms with E-state index in [0.717, 1.165) is 15.8 Å². The summed E-state index contributed by atoms with van der Waals surface area (Å²) in [5, 5.41) is 3.55. The number of hydrogen-bond acceptors (Lipinski definition) is 3. The van der Waals surface area contributed by atoms with E-state index < -0.39 is 0 Å². The van der Waals surface area contributed by atoms with Crippen LogP contribution >= 0.6 is 11.3 Å². The number of rotatable bonds is 3. The van der Waals surface area contributed by atoms with E-state index in [1.807, 2.05) is 38.1 Å². The second kappa shape index (κ2) is 6.13. The van der Waals surface area contributed by atoms with E-state index in [1.165, 1.54) is 22.5 Å². The summed E-state index contributed by atoms with van der Waals surface area (Å²) >= 11 is 1.52. The number of fused-ring (bicyclic) bond motifs is 1. The van der Waals surface area contributed by atoms with Crippen molar-refractivity contribution in [1.29, 1.82) is 0 Å². The summed E-state index contributed by atoms with van der Waals surface area (Å²) in [6.07, 6.45) is 0. The van der Waals surface area contributed by atoms with Gasteiger partial charge in [-0.3, -0.25) is 10.1 Å². The fraction of sp³-hybridized carbons (Fsp3) is 0.263. The maximum absolute atomic E-state index is 12.4. The third-order valence-corrected chi connectivity index (χ3v) is 5.00. The Morgan fingerprint density at radius 3 is 2.57 bits per heavy atom. The van der Waals surface area contributed by atoms with Crippen molar-refractivity contribution in [2.75, 3.05) is 5.32 Å². The van der Waals surface area contributed by atoms with E-state index in [2.05, 4.69) is 36.3 Å². The summed E-state index contributed by atoms with van der Waals surface area (Å²) in [6.45, 7) is 8.39. The zero-order valence-corrected chi connectivity index (χ0v) is 14.6. The Morgan fingerprint density at radius 1 is 1.09 bits per heavy atom. The number of thiazole rings is 1. The van der Waals surface area contributed by atoms with Gasteiger partial charge < -0.3 is 0 Å². The first-order valence-corrected chi connectivity index (χ1v) is 8.55. The highest BCUT2D eigenvalue weighted by Gasteiger charge is 2.11. The molecule has 0 atom stereocenters. The van der Waals surface area contributed by atoms with Crippen LogP contribution in [0, 0.1) is 13.8 Å². The van der Waals surface area contributed by atoms with Crippen LogP contribution in [0.2, 0.25) is 0 Å². The molecule has 0 spiro atoms. The predicted octanol–water partition coefficient (Wildman–Crippen LogP) is 5.29. The van der Waals surface area contributed by atoms with E-state index in [9.17, 15) is 4.79 Å². The molecule has 0 unspecified atom stereocenters. The van der Waals surface area contributed by atoms with Gasteiger partial charge in [-0.2, -0.15) is 0 Å². The average molecular weight is 324 g/mol. The molecule has 3 nitrogen and oxygen atoms in total. The molecule has 0 aliphatic heterocycles. The molecule has 1 N–H and O–H groups in total. The highest BCUT2D eigenvalue weighted by Crippen LogP contribution is 2.29. The van der Waals surface area contributed by atoms with Crippen LogP contribution in [0.4, 0.5) is 5.13 Å². The third kappa shape index (κ3) is 3.27. The average Bonchev–Trinajstić information content (AvgIpc) is 2.90. The van der Waals surface area contributed by atoms with Crippen molar-refractivity contribution in [3.63, 3.8) is 0 Å². The molecule has 23 heavy (non-hydrogen) atoms. The van der Waals surface area contributed by atoms with Crippen LogP contribution in [0.3, 0.4) is 0 Å². The molecule has 0 saturated heterocycles. The minimum atomic E-state index is -0.115. The molecule has 2 aromatic carbocycles. The maximum atomic E-state index is 12.4. The van der Waals surface area contributed by atoms with Crippen molar-refractivity contribution in [3.05, 3.63) is 58.7 Å². The van der Waals surface area contributed by atoms with Crippen LogP contribution in [0.1, 0.15) is 46.8 Å². The molecule has 4 heteroatoms. The Balaban J connectivity index is 1.85. The molecule has 0 aliphatic carbocycles.